The summed E-state index contributed by atoms with van der Waals surface area (Å²) < 4.78 is 0. The van der Waals surface area contributed by atoms with Gasteiger partial charge >= 0.3 is 0 Å². The third-order valence-corrected chi connectivity index (χ3v) is 5.07. The summed E-state index contributed by atoms with van der Waals surface area (Å²) in [6.07, 6.45) is 0. The molecule has 9 nitrogen and oxygen atoms in total. The maximum atomic E-state index is 12.9. The number of carbonyl (C=O) groups excluding carboxylic acids is 1. The van der Waals surface area contributed by atoms with Crippen molar-refractivity contribution in [2.45, 2.75) is 0 Å². The van der Waals surface area contributed by atoms with Crippen molar-refractivity contribution < 1.29 is 14.6 Å². The van der Waals surface area contributed by atoms with Gasteiger partial charge in [-0.15, -0.1) is 0 Å². The average molecular weight is 454 g/mol. The number of nitrogens with zero attached hydrogens (tertiary/aromatic N) is 2. The lowest BCUT2D eigenvalue weighted by atomic mass is 10.0. The first-order chi connectivity index (χ1) is 16.4. The van der Waals surface area contributed by atoms with Gasteiger partial charge < -0.3 is 10.6 Å². The molecule has 9 heteroatoms. The quantitative estimate of drug-likeness (QED) is 0.254. The molecular weight excluding hydrogens is 436 g/mol. The predicted molar refractivity (Wildman–Crippen MR) is 129 cm³/mol. The summed E-state index contributed by atoms with van der Waals surface area (Å²) in [5.41, 5.74) is 3.20. The topological polar surface area (TPSA) is 127 Å². The Morgan fingerprint density at radius 2 is 1.24 bits per heavy atom. The van der Waals surface area contributed by atoms with E-state index < -0.39 is 15.8 Å². The van der Waals surface area contributed by atoms with E-state index in [9.17, 15) is 25.0 Å². The summed E-state index contributed by atoms with van der Waals surface area (Å²) in [5, 5.41) is 27.9. The highest BCUT2D eigenvalue weighted by Gasteiger charge is 2.15. The van der Waals surface area contributed by atoms with Crippen LogP contribution in [0.15, 0.2) is 97.1 Å². The minimum atomic E-state index is -0.556. The number of nitro groups is 2. The minimum Gasteiger partial charge on any atom is -0.354 e. The van der Waals surface area contributed by atoms with Crippen molar-refractivity contribution in [3.8, 4) is 11.1 Å². The van der Waals surface area contributed by atoms with Crippen LogP contribution in [-0.4, -0.2) is 15.8 Å². The molecule has 1 amide bonds. The first-order valence-electron chi connectivity index (χ1n) is 10.2. The van der Waals surface area contributed by atoms with Crippen molar-refractivity contribution in [3.05, 3.63) is 123 Å². The van der Waals surface area contributed by atoms with Gasteiger partial charge in [0.15, 0.2) is 0 Å². The van der Waals surface area contributed by atoms with Crippen LogP contribution in [0.3, 0.4) is 0 Å². The van der Waals surface area contributed by atoms with Gasteiger partial charge in [0.1, 0.15) is 0 Å². The van der Waals surface area contributed by atoms with Gasteiger partial charge in [-0.3, -0.25) is 25.0 Å². The molecule has 4 rings (SSSR count). The number of anilines is 3. The number of rotatable bonds is 7. The molecule has 34 heavy (non-hydrogen) atoms. The Balaban J connectivity index is 1.58. The number of hydrogen-bond acceptors (Lipinski definition) is 6. The zero-order valence-electron chi connectivity index (χ0n) is 17.7. The van der Waals surface area contributed by atoms with Crippen LogP contribution < -0.4 is 10.6 Å². The molecule has 0 aliphatic rings. The van der Waals surface area contributed by atoms with Gasteiger partial charge in [-0.1, -0.05) is 42.5 Å². The fourth-order valence-corrected chi connectivity index (χ4v) is 3.32. The molecule has 0 unspecified atom stereocenters. The molecule has 4 aromatic carbocycles. The smallest absolute Gasteiger partial charge is 0.271 e. The van der Waals surface area contributed by atoms with Crippen LogP contribution in [0.1, 0.15) is 10.4 Å². The van der Waals surface area contributed by atoms with E-state index in [4.69, 9.17) is 0 Å². The van der Waals surface area contributed by atoms with Gasteiger partial charge in [-0.25, -0.2) is 0 Å². The van der Waals surface area contributed by atoms with Crippen molar-refractivity contribution in [3.63, 3.8) is 0 Å². The van der Waals surface area contributed by atoms with Crippen LogP contribution in [0, 0.1) is 20.2 Å². The van der Waals surface area contributed by atoms with Gasteiger partial charge in [-0.05, 0) is 41.5 Å². The van der Waals surface area contributed by atoms with E-state index in [0.717, 1.165) is 11.1 Å². The SMILES string of the molecule is O=C(Nc1cc([N+](=O)[O-])ccc1Nc1ccc([N+](=O)[O-])cc1)c1ccc(-c2ccccc2)cc1. The zero-order chi connectivity index (χ0) is 24.1. The lowest BCUT2D eigenvalue weighted by Crippen LogP contribution is -2.13. The summed E-state index contributed by atoms with van der Waals surface area (Å²) in [7, 11) is 0. The van der Waals surface area contributed by atoms with Crippen LogP contribution in [0.25, 0.3) is 11.1 Å². The van der Waals surface area contributed by atoms with Gasteiger partial charge in [0.2, 0.25) is 0 Å². The number of benzene rings is 4. The number of amides is 1. The van der Waals surface area contributed by atoms with Crippen molar-refractivity contribution >= 4 is 34.3 Å². The summed E-state index contributed by atoms with van der Waals surface area (Å²) in [5.74, 6) is -0.438. The number of carbonyl (C=O) groups is 1. The van der Waals surface area contributed by atoms with Crippen molar-refractivity contribution in [2.75, 3.05) is 10.6 Å². The summed E-state index contributed by atoms with van der Waals surface area (Å²) in [6.45, 7) is 0. The largest absolute Gasteiger partial charge is 0.354 e. The monoisotopic (exact) mass is 454 g/mol. The summed E-state index contributed by atoms with van der Waals surface area (Å²) in [4.78, 5) is 33.9. The van der Waals surface area contributed by atoms with Crippen molar-refractivity contribution in [1.82, 2.24) is 0 Å². The van der Waals surface area contributed by atoms with Crippen LogP contribution in [0.2, 0.25) is 0 Å². The van der Waals surface area contributed by atoms with E-state index in [1.807, 2.05) is 42.5 Å². The number of nitrogens with one attached hydrogen (secondary N) is 2. The van der Waals surface area contributed by atoms with E-state index in [1.54, 1.807) is 12.1 Å². The van der Waals surface area contributed by atoms with E-state index >= 15 is 0 Å². The zero-order valence-corrected chi connectivity index (χ0v) is 17.7. The summed E-state index contributed by atoms with van der Waals surface area (Å²) in [6, 6.07) is 26.4. The van der Waals surface area contributed by atoms with Gasteiger partial charge in [0, 0.05) is 35.5 Å². The van der Waals surface area contributed by atoms with Gasteiger partial charge in [0.25, 0.3) is 17.3 Å². The second kappa shape index (κ2) is 9.61. The molecule has 0 aromatic heterocycles. The van der Waals surface area contributed by atoms with Gasteiger partial charge in [-0.2, -0.15) is 0 Å². The predicted octanol–water partition coefficient (Wildman–Crippen LogP) is 6.17. The van der Waals surface area contributed by atoms with Crippen LogP contribution in [0.5, 0.6) is 0 Å². The maximum absolute atomic E-state index is 12.9. The molecule has 2 N–H and O–H groups in total. The molecule has 0 saturated carbocycles. The third kappa shape index (κ3) is 5.05. The van der Waals surface area contributed by atoms with E-state index in [0.29, 0.717) is 16.9 Å². The van der Waals surface area contributed by atoms with Crippen LogP contribution in [0.4, 0.5) is 28.4 Å². The fourth-order valence-electron chi connectivity index (χ4n) is 3.32. The van der Waals surface area contributed by atoms with E-state index in [1.165, 1.54) is 42.5 Å². The first-order valence-corrected chi connectivity index (χ1v) is 10.2. The molecule has 0 aliphatic heterocycles. The van der Waals surface area contributed by atoms with Crippen LogP contribution in [-0.2, 0) is 0 Å². The molecule has 0 heterocycles. The van der Waals surface area contributed by atoms with Gasteiger partial charge in [0.05, 0.1) is 21.2 Å². The molecular formula is C25H18N4O5. The minimum absolute atomic E-state index is 0.0678. The molecule has 0 atom stereocenters. The maximum Gasteiger partial charge on any atom is 0.271 e. The van der Waals surface area contributed by atoms with E-state index in [2.05, 4.69) is 10.6 Å². The molecule has 0 spiro atoms. The Bertz CT molecular complexity index is 1350. The average Bonchev–Trinajstić information content (AvgIpc) is 2.86. The fraction of sp³-hybridized carbons (Fsp3) is 0. The number of non-ortho nitro benzene ring substituents is 2. The Labute approximate surface area is 194 Å². The van der Waals surface area contributed by atoms with E-state index in [-0.39, 0.29) is 17.1 Å². The molecule has 4 aromatic rings. The Morgan fingerprint density at radius 1 is 0.647 bits per heavy atom. The molecule has 0 saturated heterocycles. The normalized spacial score (nSPS) is 10.4. The molecule has 0 fully saturated rings. The number of hydrogen-bond donors (Lipinski definition) is 2. The van der Waals surface area contributed by atoms with Crippen molar-refractivity contribution in [1.29, 1.82) is 0 Å². The molecule has 0 radical (unpaired) electrons. The Kier molecular flexibility index (Phi) is 6.26. The molecule has 0 bridgehead atoms. The molecule has 168 valence electrons. The van der Waals surface area contributed by atoms with Crippen molar-refractivity contribution in [2.24, 2.45) is 0 Å². The highest BCUT2D eigenvalue weighted by atomic mass is 16.6. The Morgan fingerprint density at radius 3 is 1.85 bits per heavy atom. The lowest BCUT2D eigenvalue weighted by Gasteiger charge is -2.13. The molecule has 0 aliphatic carbocycles. The summed E-state index contributed by atoms with van der Waals surface area (Å²) >= 11 is 0. The highest BCUT2D eigenvalue weighted by Crippen LogP contribution is 2.31. The second-order valence-electron chi connectivity index (χ2n) is 7.31. The van der Waals surface area contributed by atoms with Crippen LogP contribution >= 0.6 is 0 Å². The number of nitro benzene ring substituents is 2. The lowest BCUT2D eigenvalue weighted by molar-refractivity contribution is -0.385. The Hall–Kier alpha value is -5.05. The first kappa shape index (κ1) is 22.2. The second-order valence-corrected chi connectivity index (χ2v) is 7.31. The standard InChI is InChI=1S/C25H18N4O5/c30-25(19-8-6-18(7-9-19)17-4-2-1-3-5-17)27-24-16-22(29(33)34)14-15-23(24)26-20-10-12-21(13-11-20)28(31)32/h1-16,26H,(H,27,30). The third-order valence-electron chi connectivity index (χ3n) is 5.07. The highest BCUT2D eigenvalue weighted by molar-refractivity contribution is 6.06.